The first kappa shape index (κ1) is 15.8. The molecule has 0 radical (unpaired) electrons. The number of amides is 1. The van der Waals surface area contributed by atoms with Crippen LogP contribution >= 0.6 is 0 Å². The van der Waals surface area contributed by atoms with E-state index in [9.17, 15) is 18.0 Å². The summed E-state index contributed by atoms with van der Waals surface area (Å²) in [4.78, 5) is 16.1. The second-order valence-corrected chi connectivity index (χ2v) is 3.99. The highest BCUT2D eigenvalue weighted by Gasteiger charge is 2.33. The molecule has 1 N–H and O–H groups in total. The first-order valence-electron chi connectivity index (χ1n) is 5.75. The third kappa shape index (κ3) is 3.85. The molecule has 1 aromatic heterocycles. The van der Waals surface area contributed by atoms with Crippen LogP contribution in [0, 0.1) is 11.3 Å². The molecule has 8 heteroatoms. The Morgan fingerprint density at radius 1 is 1.50 bits per heavy atom. The van der Waals surface area contributed by atoms with Crippen LogP contribution in [0.3, 0.4) is 0 Å². The summed E-state index contributed by atoms with van der Waals surface area (Å²) in [5, 5.41) is 11.4. The first-order chi connectivity index (χ1) is 9.29. The number of hydrogen-bond acceptors (Lipinski definition) is 4. The summed E-state index contributed by atoms with van der Waals surface area (Å²) < 4.78 is 37.8. The predicted octanol–water partition coefficient (Wildman–Crippen LogP) is 1.54. The molecule has 1 heterocycles. The molecule has 0 saturated carbocycles. The van der Waals surface area contributed by atoms with Crippen molar-refractivity contribution in [2.45, 2.75) is 13.1 Å². The number of nitriles is 1. The van der Waals surface area contributed by atoms with Gasteiger partial charge in [0, 0.05) is 13.6 Å². The molecule has 0 saturated heterocycles. The number of halogens is 3. The zero-order valence-corrected chi connectivity index (χ0v) is 11.0. The van der Waals surface area contributed by atoms with Crippen LogP contribution in [0.1, 0.15) is 18.2 Å². The Labute approximate surface area is 114 Å². The Morgan fingerprint density at radius 2 is 2.15 bits per heavy atom. The third-order valence-corrected chi connectivity index (χ3v) is 2.40. The maximum atomic E-state index is 12.6. The van der Waals surface area contributed by atoms with Gasteiger partial charge in [-0.05, 0) is 19.1 Å². The summed E-state index contributed by atoms with van der Waals surface area (Å²) in [6.07, 6.45) is -4.60. The fraction of sp³-hybridized carbons (Fsp3) is 0.417. The summed E-state index contributed by atoms with van der Waals surface area (Å²) in [5.74, 6) is -0.535. The van der Waals surface area contributed by atoms with E-state index >= 15 is 0 Å². The van der Waals surface area contributed by atoms with Crippen molar-refractivity contribution in [2.75, 3.05) is 25.0 Å². The van der Waals surface area contributed by atoms with E-state index in [2.05, 4.69) is 10.3 Å². The molecule has 0 atom stereocenters. The first-order valence-corrected chi connectivity index (χ1v) is 5.75. The topological polar surface area (TPSA) is 69.0 Å². The molecule has 0 aliphatic heterocycles. The number of carbonyl (C=O) groups is 1. The number of hydrogen-bond donors (Lipinski definition) is 1. The van der Waals surface area contributed by atoms with Crippen molar-refractivity contribution >= 4 is 11.7 Å². The molecule has 1 rings (SSSR count). The number of nitrogens with zero attached hydrogens (tertiary/aromatic N) is 3. The van der Waals surface area contributed by atoms with Crippen molar-refractivity contribution < 1.29 is 18.0 Å². The van der Waals surface area contributed by atoms with Crippen molar-refractivity contribution in [3.05, 3.63) is 23.4 Å². The van der Waals surface area contributed by atoms with Crippen molar-refractivity contribution in [1.29, 1.82) is 5.26 Å². The zero-order chi connectivity index (χ0) is 15.3. The second kappa shape index (κ2) is 6.23. The molecule has 20 heavy (non-hydrogen) atoms. The lowest BCUT2D eigenvalue weighted by atomic mass is 10.2. The van der Waals surface area contributed by atoms with Crippen molar-refractivity contribution in [3.8, 4) is 6.07 Å². The Balaban J connectivity index is 3.08. The number of rotatable bonds is 4. The SMILES string of the molecule is CCNC(=O)CN(C)c1nc(C(F)(F)F)ccc1C#N. The molecule has 0 aliphatic rings. The van der Waals surface area contributed by atoms with E-state index in [0.29, 0.717) is 6.54 Å². The number of nitrogens with one attached hydrogen (secondary N) is 1. The minimum Gasteiger partial charge on any atom is -0.355 e. The van der Waals surface area contributed by atoms with E-state index in [-0.39, 0.29) is 23.8 Å². The van der Waals surface area contributed by atoms with Gasteiger partial charge in [-0.15, -0.1) is 0 Å². The van der Waals surface area contributed by atoms with E-state index in [1.807, 2.05) is 0 Å². The zero-order valence-electron chi connectivity index (χ0n) is 11.0. The molecule has 1 amide bonds. The van der Waals surface area contributed by atoms with Gasteiger partial charge in [0.15, 0.2) is 0 Å². The lowest BCUT2D eigenvalue weighted by Gasteiger charge is -2.19. The molecule has 1 aromatic rings. The fourth-order valence-corrected chi connectivity index (χ4v) is 1.53. The summed E-state index contributed by atoms with van der Waals surface area (Å²) in [7, 11) is 1.40. The average Bonchev–Trinajstić information content (AvgIpc) is 2.37. The van der Waals surface area contributed by atoms with Crippen LogP contribution in [0.2, 0.25) is 0 Å². The van der Waals surface area contributed by atoms with Gasteiger partial charge >= 0.3 is 6.18 Å². The van der Waals surface area contributed by atoms with E-state index in [0.717, 1.165) is 12.1 Å². The highest BCUT2D eigenvalue weighted by atomic mass is 19.4. The van der Waals surface area contributed by atoms with Gasteiger partial charge in [-0.1, -0.05) is 0 Å². The van der Waals surface area contributed by atoms with Gasteiger partial charge in [-0.2, -0.15) is 18.4 Å². The van der Waals surface area contributed by atoms with Gasteiger partial charge in [0.25, 0.3) is 0 Å². The summed E-state index contributed by atoms with van der Waals surface area (Å²) in [6, 6.07) is 3.54. The molecule has 108 valence electrons. The highest BCUT2D eigenvalue weighted by Crippen LogP contribution is 2.30. The van der Waals surface area contributed by atoms with Crippen molar-refractivity contribution in [3.63, 3.8) is 0 Å². The monoisotopic (exact) mass is 286 g/mol. The Hall–Kier alpha value is -2.30. The highest BCUT2D eigenvalue weighted by molar-refractivity contribution is 5.81. The Morgan fingerprint density at radius 3 is 2.65 bits per heavy atom. The largest absolute Gasteiger partial charge is 0.433 e. The van der Waals surface area contributed by atoms with Crippen LogP contribution in [0.15, 0.2) is 12.1 Å². The fourth-order valence-electron chi connectivity index (χ4n) is 1.53. The van der Waals surface area contributed by atoms with E-state index in [1.54, 1.807) is 13.0 Å². The third-order valence-electron chi connectivity index (χ3n) is 2.40. The van der Waals surface area contributed by atoms with Crippen molar-refractivity contribution in [1.82, 2.24) is 10.3 Å². The van der Waals surface area contributed by atoms with Gasteiger partial charge in [-0.3, -0.25) is 4.79 Å². The van der Waals surface area contributed by atoms with Crippen molar-refractivity contribution in [2.24, 2.45) is 0 Å². The van der Waals surface area contributed by atoms with E-state index in [1.165, 1.54) is 11.9 Å². The second-order valence-electron chi connectivity index (χ2n) is 3.99. The number of alkyl halides is 3. The average molecular weight is 286 g/mol. The molecule has 0 aromatic carbocycles. The Kier molecular flexibility index (Phi) is 4.91. The molecule has 0 aliphatic carbocycles. The maximum Gasteiger partial charge on any atom is 0.433 e. The summed E-state index contributed by atoms with van der Waals surface area (Å²) >= 11 is 0. The molecule has 0 spiro atoms. The van der Waals surface area contributed by atoms with E-state index in [4.69, 9.17) is 5.26 Å². The van der Waals surface area contributed by atoms with Gasteiger partial charge < -0.3 is 10.2 Å². The summed E-state index contributed by atoms with van der Waals surface area (Å²) in [6.45, 7) is 1.95. The molecule has 0 fully saturated rings. The molecule has 5 nitrogen and oxygen atoms in total. The van der Waals surface area contributed by atoms with E-state index < -0.39 is 11.9 Å². The lowest BCUT2D eigenvalue weighted by molar-refractivity contribution is -0.141. The normalized spacial score (nSPS) is 10.8. The Bertz CT molecular complexity index is 536. The quantitative estimate of drug-likeness (QED) is 0.911. The smallest absolute Gasteiger partial charge is 0.355 e. The number of likely N-dealkylation sites (N-methyl/N-ethyl adjacent to an activating group) is 2. The van der Waals surface area contributed by atoms with Gasteiger partial charge in [0.1, 0.15) is 17.6 Å². The van der Waals surface area contributed by atoms with Gasteiger partial charge in [-0.25, -0.2) is 4.98 Å². The summed E-state index contributed by atoms with van der Waals surface area (Å²) in [5.41, 5.74) is -1.13. The van der Waals surface area contributed by atoms with Crippen LogP contribution in [0.25, 0.3) is 0 Å². The molecular weight excluding hydrogens is 273 g/mol. The lowest BCUT2D eigenvalue weighted by Crippen LogP contribution is -2.35. The molecule has 0 bridgehead atoms. The van der Waals surface area contributed by atoms with Crippen LogP contribution < -0.4 is 10.2 Å². The van der Waals surface area contributed by atoms with Crippen LogP contribution in [-0.2, 0) is 11.0 Å². The van der Waals surface area contributed by atoms with Crippen LogP contribution in [-0.4, -0.2) is 31.0 Å². The number of anilines is 1. The standard InChI is InChI=1S/C12H13F3N4O/c1-3-17-10(20)7-19(2)11-8(6-16)4-5-9(18-11)12(13,14)15/h4-5H,3,7H2,1-2H3,(H,17,20). The minimum absolute atomic E-state index is 0.0233. The van der Waals surface area contributed by atoms with Crippen LogP contribution in [0.4, 0.5) is 19.0 Å². The maximum absolute atomic E-state index is 12.6. The van der Waals surface area contributed by atoms with Gasteiger partial charge in [0.05, 0.1) is 12.1 Å². The molecule has 0 unspecified atom stereocenters. The van der Waals surface area contributed by atoms with Gasteiger partial charge in [0.2, 0.25) is 5.91 Å². The number of carbonyl (C=O) groups excluding carboxylic acids is 1. The predicted molar refractivity (Wildman–Crippen MR) is 65.9 cm³/mol. The minimum atomic E-state index is -4.60. The van der Waals surface area contributed by atoms with Crippen LogP contribution in [0.5, 0.6) is 0 Å². The number of pyridine rings is 1. The number of aromatic nitrogens is 1. The molecular formula is C12H13F3N4O.